The predicted molar refractivity (Wildman–Crippen MR) is 139 cm³/mol. The van der Waals surface area contributed by atoms with Gasteiger partial charge in [-0.2, -0.15) is 13.2 Å². The van der Waals surface area contributed by atoms with Gasteiger partial charge in [-0.1, -0.05) is 45.0 Å². The van der Waals surface area contributed by atoms with Crippen molar-refractivity contribution in [2.75, 3.05) is 6.61 Å². The molecule has 1 unspecified atom stereocenters. The lowest BCUT2D eigenvalue weighted by atomic mass is 9.85. The Morgan fingerprint density at radius 3 is 2.11 bits per heavy atom. The molecular weight excluding hydrogens is 485 g/mol. The molecule has 0 saturated carbocycles. The van der Waals surface area contributed by atoms with E-state index in [0.717, 1.165) is 33.6 Å². The first kappa shape index (κ1) is 27.8. The van der Waals surface area contributed by atoms with Crippen molar-refractivity contribution >= 4 is 17.3 Å². The Bertz CT molecular complexity index is 1160. The van der Waals surface area contributed by atoms with Crippen LogP contribution in [0.1, 0.15) is 77.9 Å². The van der Waals surface area contributed by atoms with Crippen molar-refractivity contribution in [3.63, 3.8) is 0 Å². The lowest BCUT2D eigenvalue weighted by molar-refractivity contribution is -0.139. The van der Waals surface area contributed by atoms with E-state index in [1.165, 1.54) is 5.56 Å². The number of carbonyl (C=O) groups excluding carboxylic acids is 1. The van der Waals surface area contributed by atoms with Crippen molar-refractivity contribution in [2.45, 2.75) is 72.1 Å². The maximum atomic E-state index is 13.0. The van der Waals surface area contributed by atoms with Crippen LogP contribution in [0.3, 0.4) is 0 Å². The molecule has 194 valence electrons. The molecule has 0 aliphatic rings. The second-order valence-electron chi connectivity index (χ2n) is 9.94. The quantitative estimate of drug-likeness (QED) is 0.279. The van der Waals surface area contributed by atoms with E-state index in [0.29, 0.717) is 15.5 Å². The zero-order chi connectivity index (χ0) is 26.7. The predicted octanol–water partition coefficient (Wildman–Crippen LogP) is 8.97. The highest BCUT2D eigenvalue weighted by atomic mass is 32.1. The second kappa shape index (κ2) is 11.1. The number of alkyl halides is 3. The van der Waals surface area contributed by atoms with E-state index < -0.39 is 24.7 Å². The van der Waals surface area contributed by atoms with Gasteiger partial charge in [0.05, 0.1) is 6.61 Å². The minimum atomic E-state index is -4.31. The molecule has 3 aromatic rings. The van der Waals surface area contributed by atoms with Gasteiger partial charge in [0.2, 0.25) is 0 Å². The standard InChI is InChI=1S/C29H33F3O3S/c1-7-34-27(33)25-13-12-24(36-25)23(14-15-29(30,31)32)35-22-16-18(2)26(19(3)17-22)20-8-10-21(11-9-20)28(4,5)6/h8-13,16-17,23H,7,14-15H2,1-6H3. The fraction of sp³-hybridized carbons (Fsp3) is 0.414. The summed E-state index contributed by atoms with van der Waals surface area (Å²) in [7, 11) is 0. The summed E-state index contributed by atoms with van der Waals surface area (Å²) in [5.41, 5.74) is 5.40. The molecule has 36 heavy (non-hydrogen) atoms. The van der Waals surface area contributed by atoms with E-state index in [1.54, 1.807) is 19.1 Å². The SMILES string of the molecule is CCOC(=O)c1ccc(C(CCC(F)(F)F)Oc2cc(C)c(-c3ccc(C(C)(C)C)cc3)c(C)c2)s1. The third-order valence-electron chi connectivity index (χ3n) is 5.93. The van der Waals surface area contributed by atoms with E-state index in [2.05, 4.69) is 45.0 Å². The van der Waals surface area contributed by atoms with Gasteiger partial charge < -0.3 is 9.47 Å². The molecule has 2 aromatic carbocycles. The first-order valence-corrected chi connectivity index (χ1v) is 12.8. The first-order valence-electron chi connectivity index (χ1n) is 12.0. The molecule has 7 heteroatoms. The minimum absolute atomic E-state index is 0.0562. The van der Waals surface area contributed by atoms with Gasteiger partial charge in [-0.15, -0.1) is 11.3 Å². The molecule has 0 fully saturated rings. The van der Waals surface area contributed by atoms with Crippen LogP contribution in [-0.2, 0) is 10.2 Å². The fourth-order valence-corrected chi connectivity index (χ4v) is 5.11. The highest BCUT2D eigenvalue weighted by Gasteiger charge is 2.30. The Balaban J connectivity index is 1.89. The number of thiophene rings is 1. The van der Waals surface area contributed by atoms with Crippen LogP contribution >= 0.6 is 11.3 Å². The van der Waals surface area contributed by atoms with Gasteiger partial charge in [0, 0.05) is 11.3 Å². The molecule has 0 spiro atoms. The van der Waals surface area contributed by atoms with Gasteiger partial charge >= 0.3 is 12.1 Å². The average molecular weight is 519 g/mol. The molecule has 3 nitrogen and oxygen atoms in total. The Labute approximate surface area is 215 Å². The van der Waals surface area contributed by atoms with Crippen molar-refractivity contribution in [1.82, 2.24) is 0 Å². The van der Waals surface area contributed by atoms with Crippen molar-refractivity contribution in [1.29, 1.82) is 0 Å². The number of hydrogen-bond acceptors (Lipinski definition) is 4. The van der Waals surface area contributed by atoms with Crippen LogP contribution < -0.4 is 4.74 Å². The van der Waals surface area contributed by atoms with Crippen LogP contribution in [0.4, 0.5) is 13.2 Å². The van der Waals surface area contributed by atoms with Crippen LogP contribution in [0.25, 0.3) is 11.1 Å². The van der Waals surface area contributed by atoms with E-state index in [9.17, 15) is 18.0 Å². The number of esters is 1. The topological polar surface area (TPSA) is 35.5 Å². The van der Waals surface area contributed by atoms with Crippen LogP contribution in [0.5, 0.6) is 5.75 Å². The molecule has 0 amide bonds. The normalized spacial score (nSPS) is 12.9. The Morgan fingerprint density at radius 1 is 0.972 bits per heavy atom. The number of aryl methyl sites for hydroxylation is 2. The summed E-state index contributed by atoms with van der Waals surface area (Å²) in [6.45, 7) is 12.4. The van der Waals surface area contributed by atoms with Crippen LogP contribution in [0, 0.1) is 13.8 Å². The van der Waals surface area contributed by atoms with Gasteiger partial charge in [0.15, 0.2) is 0 Å². The van der Waals surface area contributed by atoms with Gasteiger partial charge in [0.1, 0.15) is 16.7 Å². The molecule has 1 heterocycles. The zero-order valence-electron chi connectivity index (χ0n) is 21.6. The van der Waals surface area contributed by atoms with Crippen molar-refractivity contribution in [3.8, 4) is 16.9 Å². The molecule has 0 N–H and O–H groups in total. The summed E-state index contributed by atoms with van der Waals surface area (Å²) in [6.07, 6.45) is -6.38. The highest BCUT2D eigenvalue weighted by molar-refractivity contribution is 7.14. The number of hydrogen-bond donors (Lipinski definition) is 0. The number of carbonyl (C=O) groups is 1. The minimum Gasteiger partial charge on any atom is -0.485 e. The van der Waals surface area contributed by atoms with Crippen molar-refractivity contribution in [2.24, 2.45) is 0 Å². The maximum Gasteiger partial charge on any atom is 0.389 e. The third kappa shape index (κ3) is 7.12. The van der Waals surface area contributed by atoms with Gasteiger partial charge in [-0.3, -0.25) is 0 Å². The summed E-state index contributed by atoms with van der Waals surface area (Å²) in [5, 5.41) is 0. The van der Waals surface area contributed by atoms with Gasteiger partial charge in [0.25, 0.3) is 0 Å². The smallest absolute Gasteiger partial charge is 0.389 e. The molecule has 0 aliphatic heterocycles. The van der Waals surface area contributed by atoms with E-state index in [4.69, 9.17) is 9.47 Å². The zero-order valence-corrected chi connectivity index (χ0v) is 22.4. The number of rotatable bonds is 8. The van der Waals surface area contributed by atoms with Crippen molar-refractivity contribution < 1.29 is 27.4 Å². The Morgan fingerprint density at radius 2 is 1.58 bits per heavy atom. The van der Waals surface area contributed by atoms with Crippen molar-refractivity contribution in [3.05, 3.63) is 75.0 Å². The van der Waals surface area contributed by atoms with E-state index in [-0.39, 0.29) is 18.4 Å². The van der Waals surface area contributed by atoms with E-state index >= 15 is 0 Å². The molecule has 3 rings (SSSR count). The van der Waals surface area contributed by atoms with Crippen LogP contribution in [0.2, 0.25) is 0 Å². The molecule has 0 aliphatic carbocycles. The van der Waals surface area contributed by atoms with Crippen LogP contribution in [0.15, 0.2) is 48.5 Å². The lowest BCUT2D eigenvalue weighted by Gasteiger charge is -2.22. The van der Waals surface area contributed by atoms with Gasteiger partial charge in [-0.25, -0.2) is 4.79 Å². The number of benzene rings is 2. The fourth-order valence-electron chi connectivity index (χ4n) is 4.14. The molecule has 0 saturated heterocycles. The third-order valence-corrected chi connectivity index (χ3v) is 7.09. The monoisotopic (exact) mass is 518 g/mol. The lowest BCUT2D eigenvalue weighted by Crippen LogP contribution is -2.13. The highest BCUT2D eigenvalue weighted by Crippen LogP contribution is 2.38. The Hall–Kier alpha value is -2.80. The van der Waals surface area contributed by atoms with Crippen LogP contribution in [-0.4, -0.2) is 18.8 Å². The Kier molecular flexibility index (Phi) is 8.55. The molecule has 1 aromatic heterocycles. The van der Waals surface area contributed by atoms with Gasteiger partial charge in [-0.05, 0) is 84.7 Å². The second-order valence-corrected chi connectivity index (χ2v) is 11.1. The summed E-state index contributed by atoms with van der Waals surface area (Å²) >= 11 is 1.10. The molecule has 0 radical (unpaired) electrons. The summed E-state index contributed by atoms with van der Waals surface area (Å²) in [4.78, 5) is 13.0. The molecule has 0 bridgehead atoms. The largest absolute Gasteiger partial charge is 0.485 e. The molecular formula is C29H33F3O3S. The number of ether oxygens (including phenoxy) is 2. The summed E-state index contributed by atoms with van der Waals surface area (Å²) in [5.74, 6) is 0.00941. The molecule has 1 atom stereocenters. The maximum absolute atomic E-state index is 13.0. The average Bonchev–Trinajstić information content (AvgIpc) is 3.26. The summed E-state index contributed by atoms with van der Waals surface area (Å²) in [6, 6.07) is 15.4. The summed E-state index contributed by atoms with van der Waals surface area (Å²) < 4.78 is 50.3. The van der Waals surface area contributed by atoms with E-state index in [1.807, 2.05) is 26.0 Å². The first-order chi connectivity index (χ1) is 16.8. The number of halogens is 3.